The molecule has 1 aliphatic carbocycles. The van der Waals surface area contributed by atoms with E-state index in [1.807, 2.05) is 0 Å². The van der Waals surface area contributed by atoms with Crippen LogP contribution in [0.5, 0.6) is 0 Å². The fourth-order valence-corrected chi connectivity index (χ4v) is 2.52. The zero-order chi connectivity index (χ0) is 18.2. The van der Waals surface area contributed by atoms with Gasteiger partial charge in [0.05, 0.1) is 5.56 Å². The predicted molar refractivity (Wildman–Crippen MR) is 83.4 cm³/mol. The molecular formula is C17H16F3N3O2. The number of rotatable bonds is 5. The Hall–Kier alpha value is -2.51. The molecule has 1 N–H and O–H groups in total. The van der Waals surface area contributed by atoms with Crippen LogP contribution in [0.1, 0.15) is 65.6 Å². The average Bonchev–Trinajstić information content (AvgIpc) is 3.38. The van der Waals surface area contributed by atoms with Crippen LogP contribution in [0.25, 0.3) is 0 Å². The number of H-pyrrole nitrogens is 1. The average molecular weight is 351 g/mol. The Morgan fingerprint density at radius 3 is 2.64 bits per heavy atom. The fraction of sp³-hybridized carbons (Fsp3) is 0.412. The van der Waals surface area contributed by atoms with Crippen molar-refractivity contribution in [2.24, 2.45) is 0 Å². The third kappa shape index (κ3) is 4.12. The molecule has 25 heavy (non-hydrogen) atoms. The van der Waals surface area contributed by atoms with Gasteiger partial charge in [0.2, 0.25) is 0 Å². The Morgan fingerprint density at radius 1 is 1.36 bits per heavy atom. The van der Waals surface area contributed by atoms with E-state index in [4.69, 9.17) is 0 Å². The number of hydrogen-bond acceptors (Lipinski definition) is 4. The molecule has 0 saturated heterocycles. The molecule has 1 unspecified atom stereocenters. The number of ketones is 1. The lowest BCUT2D eigenvalue weighted by Crippen LogP contribution is -2.17. The predicted octanol–water partition coefficient (Wildman–Crippen LogP) is 3.44. The first-order valence-electron chi connectivity index (χ1n) is 7.91. The molecule has 0 amide bonds. The molecule has 0 aliphatic heterocycles. The highest BCUT2D eigenvalue weighted by molar-refractivity contribution is 5.94. The molecule has 132 valence electrons. The summed E-state index contributed by atoms with van der Waals surface area (Å²) in [5, 5.41) is 0. The van der Waals surface area contributed by atoms with Gasteiger partial charge in [-0.2, -0.15) is 13.2 Å². The number of aromatic amines is 1. The van der Waals surface area contributed by atoms with Gasteiger partial charge >= 0.3 is 6.18 Å². The molecule has 0 bridgehead atoms. The van der Waals surface area contributed by atoms with Crippen molar-refractivity contribution >= 4 is 5.78 Å². The molecule has 1 fully saturated rings. The van der Waals surface area contributed by atoms with E-state index in [-0.39, 0.29) is 35.3 Å². The second-order valence-corrected chi connectivity index (χ2v) is 6.29. The van der Waals surface area contributed by atoms with Crippen molar-refractivity contribution in [3.05, 3.63) is 57.5 Å². The molecule has 1 atom stereocenters. The minimum absolute atomic E-state index is 0.0128. The Labute approximate surface area is 141 Å². The molecule has 0 aromatic carbocycles. The molecule has 8 heteroatoms. The summed E-state index contributed by atoms with van der Waals surface area (Å²) in [5.41, 5.74) is -0.737. The van der Waals surface area contributed by atoms with Crippen LogP contribution < -0.4 is 5.56 Å². The van der Waals surface area contributed by atoms with Crippen molar-refractivity contribution in [3.63, 3.8) is 0 Å². The van der Waals surface area contributed by atoms with Crippen molar-refractivity contribution in [1.82, 2.24) is 15.0 Å². The molecule has 5 nitrogen and oxygen atoms in total. The monoisotopic (exact) mass is 351 g/mol. The van der Waals surface area contributed by atoms with Crippen molar-refractivity contribution < 1.29 is 18.0 Å². The van der Waals surface area contributed by atoms with Gasteiger partial charge in [0.1, 0.15) is 11.5 Å². The molecular weight excluding hydrogens is 335 g/mol. The second-order valence-electron chi connectivity index (χ2n) is 6.29. The van der Waals surface area contributed by atoms with Gasteiger partial charge < -0.3 is 4.98 Å². The Kier molecular flexibility index (Phi) is 4.45. The van der Waals surface area contributed by atoms with Crippen LogP contribution in [-0.4, -0.2) is 20.7 Å². The van der Waals surface area contributed by atoms with E-state index in [9.17, 15) is 22.8 Å². The van der Waals surface area contributed by atoms with Crippen LogP contribution >= 0.6 is 0 Å². The summed E-state index contributed by atoms with van der Waals surface area (Å²) in [6.45, 7) is 1.70. The molecule has 2 heterocycles. The van der Waals surface area contributed by atoms with Crippen molar-refractivity contribution in [3.8, 4) is 0 Å². The fourth-order valence-electron chi connectivity index (χ4n) is 2.52. The van der Waals surface area contributed by atoms with E-state index in [0.29, 0.717) is 11.5 Å². The number of Topliss-reactive ketones (excluding diaryl/α,β-unsaturated/α-hetero) is 1. The topological polar surface area (TPSA) is 75.7 Å². The van der Waals surface area contributed by atoms with Crippen LogP contribution in [0.3, 0.4) is 0 Å². The summed E-state index contributed by atoms with van der Waals surface area (Å²) in [7, 11) is 0. The zero-order valence-electron chi connectivity index (χ0n) is 13.4. The normalized spacial score (nSPS) is 15.8. The van der Waals surface area contributed by atoms with Gasteiger partial charge in [-0.05, 0) is 25.0 Å². The van der Waals surface area contributed by atoms with Crippen molar-refractivity contribution in [1.29, 1.82) is 0 Å². The van der Waals surface area contributed by atoms with E-state index in [0.717, 1.165) is 31.2 Å². The van der Waals surface area contributed by atoms with E-state index in [1.54, 1.807) is 6.92 Å². The summed E-state index contributed by atoms with van der Waals surface area (Å²) >= 11 is 0. The first kappa shape index (κ1) is 17.3. The lowest BCUT2D eigenvalue weighted by atomic mass is 9.98. The highest BCUT2D eigenvalue weighted by Gasteiger charge is 2.31. The Bertz CT molecular complexity index is 839. The number of alkyl halides is 3. The molecule has 1 aliphatic rings. The molecule has 3 rings (SSSR count). The van der Waals surface area contributed by atoms with E-state index < -0.39 is 11.7 Å². The van der Waals surface area contributed by atoms with Crippen molar-refractivity contribution in [2.75, 3.05) is 0 Å². The minimum Gasteiger partial charge on any atom is -0.310 e. The van der Waals surface area contributed by atoms with Crippen LogP contribution in [0.15, 0.2) is 29.2 Å². The first-order valence-corrected chi connectivity index (χ1v) is 7.91. The molecule has 1 saturated carbocycles. The number of carbonyl (C=O) groups excluding carboxylic acids is 1. The SMILES string of the molecule is CC(CC(=O)c1cc(=O)[nH]c(C2CC2)n1)c1ccc(C(F)(F)F)cn1. The number of pyridine rings is 1. The third-order valence-electron chi connectivity index (χ3n) is 4.12. The van der Waals surface area contributed by atoms with Gasteiger partial charge in [-0.15, -0.1) is 0 Å². The third-order valence-corrected chi connectivity index (χ3v) is 4.12. The maximum Gasteiger partial charge on any atom is 0.417 e. The van der Waals surface area contributed by atoms with Gasteiger partial charge in [0.15, 0.2) is 5.78 Å². The summed E-state index contributed by atoms with van der Waals surface area (Å²) < 4.78 is 37.7. The van der Waals surface area contributed by atoms with E-state index in [1.165, 1.54) is 6.07 Å². The zero-order valence-corrected chi connectivity index (χ0v) is 13.4. The maximum atomic E-state index is 12.6. The highest BCUT2D eigenvalue weighted by atomic mass is 19.4. The molecule has 2 aromatic rings. The standard InChI is InChI=1S/C17H16F3N3O2/c1-9(12-5-4-11(8-21-12)17(18,19)20)6-14(24)13-7-15(25)23-16(22-13)10-2-3-10/h4-5,7-10H,2-3,6H2,1H3,(H,22,23,25). The van der Waals surface area contributed by atoms with Gasteiger partial charge in [-0.25, -0.2) is 4.98 Å². The van der Waals surface area contributed by atoms with Crippen LogP contribution in [0.4, 0.5) is 13.2 Å². The second kappa shape index (κ2) is 6.42. The van der Waals surface area contributed by atoms with Crippen molar-refractivity contribution in [2.45, 2.75) is 44.2 Å². The number of nitrogens with one attached hydrogen (secondary N) is 1. The first-order chi connectivity index (χ1) is 11.7. The highest BCUT2D eigenvalue weighted by Crippen LogP contribution is 2.37. The smallest absolute Gasteiger partial charge is 0.310 e. The number of halogens is 3. The van der Waals surface area contributed by atoms with Crippen LogP contribution in [0, 0.1) is 0 Å². The number of hydrogen-bond donors (Lipinski definition) is 1. The van der Waals surface area contributed by atoms with Gasteiger partial charge in [-0.3, -0.25) is 14.6 Å². The Morgan fingerprint density at radius 2 is 2.08 bits per heavy atom. The van der Waals surface area contributed by atoms with Crippen LogP contribution in [0.2, 0.25) is 0 Å². The number of nitrogens with zero attached hydrogens (tertiary/aromatic N) is 2. The maximum absolute atomic E-state index is 12.6. The van der Waals surface area contributed by atoms with Gasteiger partial charge in [-0.1, -0.05) is 6.92 Å². The van der Waals surface area contributed by atoms with Gasteiger partial charge in [0, 0.05) is 36.2 Å². The summed E-state index contributed by atoms with van der Waals surface area (Å²) in [4.78, 5) is 34.7. The van der Waals surface area contributed by atoms with E-state index in [2.05, 4.69) is 15.0 Å². The minimum atomic E-state index is -4.45. The Balaban J connectivity index is 1.73. The lowest BCUT2D eigenvalue weighted by molar-refractivity contribution is -0.137. The van der Waals surface area contributed by atoms with Crippen LogP contribution in [-0.2, 0) is 6.18 Å². The number of aromatic nitrogens is 3. The van der Waals surface area contributed by atoms with Gasteiger partial charge in [0.25, 0.3) is 5.56 Å². The molecule has 2 aromatic heterocycles. The summed E-state index contributed by atoms with van der Waals surface area (Å²) in [5.74, 6) is 0.00746. The number of carbonyl (C=O) groups is 1. The van der Waals surface area contributed by atoms with E-state index >= 15 is 0 Å². The largest absolute Gasteiger partial charge is 0.417 e. The summed E-state index contributed by atoms with van der Waals surface area (Å²) in [6, 6.07) is 3.36. The molecule has 0 spiro atoms. The molecule has 0 radical (unpaired) electrons. The quantitative estimate of drug-likeness (QED) is 0.838. The lowest BCUT2D eigenvalue weighted by Gasteiger charge is -2.12. The summed E-state index contributed by atoms with van der Waals surface area (Å²) in [6.07, 6.45) is -1.80.